The van der Waals surface area contributed by atoms with E-state index in [1.54, 1.807) is 32.5 Å². The number of nitrogens with zero attached hydrogens (tertiary/aromatic N) is 1. The fraction of sp³-hybridized carbons (Fsp3) is 0.533. The molecule has 0 fully saturated rings. The monoisotopic (exact) mass is 328 g/mol. The highest BCUT2D eigenvalue weighted by Gasteiger charge is 2.20. The SMILES string of the molecule is COc1ccc(CN(C)C(=O)OC(C)(C)C)cc1NS(C)=O. The highest BCUT2D eigenvalue weighted by Crippen LogP contribution is 2.26. The summed E-state index contributed by atoms with van der Waals surface area (Å²) in [7, 11) is 2.01. The molecule has 0 aromatic heterocycles. The van der Waals surface area contributed by atoms with Crippen molar-refractivity contribution in [3.8, 4) is 5.75 Å². The van der Waals surface area contributed by atoms with E-state index in [0.29, 0.717) is 18.0 Å². The van der Waals surface area contributed by atoms with Gasteiger partial charge in [-0.25, -0.2) is 9.00 Å². The molecular formula is C15H24N2O4S. The molecule has 1 aromatic rings. The van der Waals surface area contributed by atoms with E-state index in [-0.39, 0.29) is 0 Å². The van der Waals surface area contributed by atoms with Crippen LogP contribution in [0.5, 0.6) is 5.75 Å². The summed E-state index contributed by atoms with van der Waals surface area (Å²) in [6, 6.07) is 5.43. The number of ether oxygens (including phenoxy) is 2. The first-order valence-electron chi connectivity index (χ1n) is 6.83. The Morgan fingerprint density at radius 1 is 1.36 bits per heavy atom. The van der Waals surface area contributed by atoms with Gasteiger partial charge in [-0.2, -0.15) is 0 Å². The van der Waals surface area contributed by atoms with Crippen LogP contribution in [0.4, 0.5) is 10.5 Å². The molecule has 1 unspecified atom stereocenters. The normalized spacial score (nSPS) is 12.5. The van der Waals surface area contributed by atoms with Crippen LogP contribution in [0.3, 0.4) is 0 Å². The molecule has 1 aromatic carbocycles. The van der Waals surface area contributed by atoms with Gasteiger partial charge >= 0.3 is 6.09 Å². The number of hydrogen-bond donors (Lipinski definition) is 1. The van der Waals surface area contributed by atoms with Gasteiger partial charge < -0.3 is 19.1 Å². The third-order valence-electron chi connectivity index (χ3n) is 2.64. The van der Waals surface area contributed by atoms with Crippen LogP contribution in [0, 0.1) is 0 Å². The van der Waals surface area contributed by atoms with Crippen molar-refractivity contribution in [2.24, 2.45) is 0 Å². The largest absolute Gasteiger partial charge is 0.495 e. The summed E-state index contributed by atoms with van der Waals surface area (Å²) in [5, 5.41) is 0. The topological polar surface area (TPSA) is 67.9 Å². The minimum atomic E-state index is -1.21. The van der Waals surface area contributed by atoms with E-state index < -0.39 is 22.7 Å². The fourth-order valence-electron chi connectivity index (χ4n) is 1.77. The molecule has 0 bridgehead atoms. The first-order chi connectivity index (χ1) is 10.1. The van der Waals surface area contributed by atoms with E-state index in [2.05, 4.69) is 4.72 Å². The lowest BCUT2D eigenvalue weighted by molar-refractivity contribution is 0.0285. The zero-order chi connectivity index (χ0) is 16.9. The van der Waals surface area contributed by atoms with Crippen molar-refractivity contribution >= 4 is 22.8 Å². The second-order valence-electron chi connectivity index (χ2n) is 5.93. The summed E-state index contributed by atoms with van der Waals surface area (Å²) in [6.45, 7) is 5.85. The summed E-state index contributed by atoms with van der Waals surface area (Å²) >= 11 is 0. The van der Waals surface area contributed by atoms with Crippen LogP contribution in [0.25, 0.3) is 0 Å². The number of anilines is 1. The molecule has 0 saturated carbocycles. The average molecular weight is 328 g/mol. The number of methoxy groups -OCH3 is 1. The number of hydrogen-bond acceptors (Lipinski definition) is 4. The Labute approximate surface area is 134 Å². The highest BCUT2D eigenvalue weighted by atomic mass is 32.2. The molecule has 1 N–H and O–H groups in total. The maximum atomic E-state index is 12.0. The molecule has 1 atom stereocenters. The smallest absolute Gasteiger partial charge is 0.410 e. The molecule has 0 aliphatic carbocycles. The number of carbonyl (C=O) groups excluding carboxylic acids is 1. The van der Waals surface area contributed by atoms with Gasteiger partial charge in [0.05, 0.1) is 12.8 Å². The van der Waals surface area contributed by atoms with Crippen molar-refractivity contribution in [3.05, 3.63) is 23.8 Å². The summed E-state index contributed by atoms with van der Waals surface area (Å²) in [6.07, 6.45) is 1.15. The summed E-state index contributed by atoms with van der Waals surface area (Å²) in [5.41, 5.74) is 0.970. The third kappa shape index (κ3) is 5.93. The van der Waals surface area contributed by atoms with E-state index in [0.717, 1.165) is 5.56 Å². The van der Waals surface area contributed by atoms with Gasteiger partial charge in [0, 0.05) is 19.8 Å². The van der Waals surface area contributed by atoms with Crippen LogP contribution >= 0.6 is 0 Å². The molecule has 1 rings (SSSR count). The second kappa shape index (κ2) is 7.49. The first-order valence-corrected chi connectivity index (χ1v) is 8.39. The van der Waals surface area contributed by atoms with Gasteiger partial charge in [0.1, 0.15) is 22.3 Å². The van der Waals surface area contributed by atoms with Gasteiger partial charge in [0.15, 0.2) is 0 Å². The lowest BCUT2D eigenvalue weighted by Gasteiger charge is -2.25. The van der Waals surface area contributed by atoms with E-state index in [1.165, 1.54) is 4.90 Å². The van der Waals surface area contributed by atoms with E-state index >= 15 is 0 Å². The van der Waals surface area contributed by atoms with Crippen molar-refractivity contribution in [2.45, 2.75) is 32.9 Å². The summed E-state index contributed by atoms with van der Waals surface area (Å²) in [4.78, 5) is 13.4. The minimum absolute atomic E-state index is 0.379. The van der Waals surface area contributed by atoms with Gasteiger partial charge in [0.25, 0.3) is 0 Å². The quantitative estimate of drug-likeness (QED) is 0.902. The first kappa shape index (κ1) is 18.3. The van der Waals surface area contributed by atoms with Crippen molar-refractivity contribution < 1.29 is 18.5 Å². The Hall–Kier alpha value is -1.76. The average Bonchev–Trinajstić information content (AvgIpc) is 2.36. The van der Waals surface area contributed by atoms with Gasteiger partial charge in [-0.1, -0.05) is 6.07 Å². The van der Waals surface area contributed by atoms with Crippen LogP contribution in [0.15, 0.2) is 18.2 Å². The molecule has 22 heavy (non-hydrogen) atoms. The van der Waals surface area contributed by atoms with Crippen molar-refractivity contribution in [3.63, 3.8) is 0 Å². The molecule has 6 nitrogen and oxygen atoms in total. The van der Waals surface area contributed by atoms with E-state index in [9.17, 15) is 9.00 Å². The zero-order valence-corrected chi connectivity index (χ0v) is 14.7. The Morgan fingerprint density at radius 3 is 2.50 bits per heavy atom. The molecule has 0 radical (unpaired) electrons. The number of benzene rings is 1. The second-order valence-corrected chi connectivity index (χ2v) is 7.04. The van der Waals surface area contributed by atoms with E-state index in [4.69, 9.17) is 9.47 Å². The number of rotatable bonds is 5. The van der Waals surface area contributed by atoms with Gasteiger partial charge in [-0.05, 0) is 38.5 Å². The Kier molecular flexibility index (Phi) is 6.22. The van der Waals surface area contributed by atoms with Crippen LogP contribution in [-0.4, -0.2) is 41.2 Å². The van der Waals surface area contributed by atoms with Gasteiger partial charge in [0.2, 0.25) is 0 Å². The lowest BCUT2D eigenvalue weighted by atomic mass is 10.2. The highest BCUT2D eigenvalue weighted by molar-refractivity contribution is 7.85. The standard InChI is InChI=1S/C15H24N2O4S/c1-15(2,3)21-14(18)17(4)10-11-7-8-13(20-5)12(9-11)16-22(6)19/h7-9,16H,10H2,1-6H3. The van der Waals surface area contributed by atoms with Crippen LogP contribution in [0.2, 0.25) is 0 Å². The van der Waals surface area contributed by atoms with Crippen molar-refractivity contribution in [1.82, 2.24) is 4.90 Å². The molecule has 1 amide bonds. The Morgan fingerprint density at radius 2 is 2.00 bits per heavy atom. The predicted octanol–water partition coefficient (Wildman–Crippen LogP) is 2.77. The molecule has 0 spiro atoms. The molecule has 0 aliphatic heterocycles. The number of amides is 1. The third-order valence-corrected chi connectivity index (χ3v) is 3.15. The molecule has 0 heterocycles. The summed E-state index contributed by atoms with van der Waals surface area (Å²) in [5.74, 6) is 0.596. The van der Waals surface area contributed by atoms with Gasteiger partial charge in [-0.15, -0.1) is 0 Å². The minimum Gasteiger partial charge on any atom is -0.495 e. The zero-order valence-electron chi connectivity index (χ0n) is 13.9. The fourth-order valence-corrected chi connectivity index (χ4v) is 2.24. The maximum Gasteiger partial charge on any atom is 0.410 e. The molecule has 124 valence electrons. The molecule has 0 aliphatic rings. The molecular weight excluding hydrogens is 304 g/mol. The van der Waals surface area contributed by atoms with Crippen LogP contribution in [-0.2, 0) is 22.3 Å². The maximum absolute atomic E-state index is 12.0. The molecule has 0 saturated heterocycles. The van der Waals surface area contributed by atoms with Crippen molar-refractivity contribution in [1.29, 1.82) is 0 Å². The van der Waals surface area contributed by atoms with E-state index in [1.807, 2.05) is 26.8 Å². The Bertz CT molecular complexity index is 555. The number of carbonyl (C=O) groups is 1. The molecule has 7 heteroatoms. The number of nitrogens with one attached hydrogen (secondary N) is 1. The van der Waals surface area contributed by atoms with Crippen molar-refractivity contribution in [2.75, 3.05) is 25.1 Å². The summed E-state index contributed by atoms with van der Waals surface area (Å²) < 4.78 is 24.7. The lowest BCUT2D eigenvalue weighted by Crippen LogP contribution is -2.33. The predicted molar refractivity (Wildman–Crippen MR) is 88.4 cm³/mol. The van der Waals surface area contributed by atoms with Crippen LogP contribution < -0.4 is 9.46 Å². The van der Waals surface area contributed by atoms with Gasteiger partial charge in [-0.3, -0.25) is 0 Å². The van der Waals surface area contributed by atoms with Crippen LogP contribution in [0.1, 0.15) is 26.3 Å². The Balaban J connectivity index is 2.85.